The predicted octanol–water partition coefficient (Wildman–Crippen LogP) is 2.19. The van der Waals surface area contributed by atoms with Gasteiger partial charge in [-0.05, 0) is 38.6 Å². The van der Waals surface area contributed by atoms with E-state index in [4.69, 9.17) is 4.99 Å². The zero-order valence-electron chi connectivity index (χ0n) is 17.2. The van der Waals surface area contributed by atoms with Crippen LogP contribution in [0, 0.1) is 0 Å². The van der Waals surface area contributed by atoms with Crippen LogP contribution >= 0.6 is 0 Å². The Morgan fingerprint density at radius 1 is 1.07 bits per heavy atom. The second kappa shape index (κ2) is 10.6. The van der Waals surface area contributed by atoms with Gasteiger partial charge in [-0.25, -0.2) is 0 Å². The third-order valence-corrected chi connectivity index (χ3v) is 5.79. The van der Waals surface area contributed by atoms with Gasteiger partial charge in [0.05, 0.1) is 6.54 Å². The van der Waals surface area contributed by atoms with E-state index in [-0.39, 0.29) is 0 Å². The van der Waals surface area contributed by atoms with E-state index in [0.717, 1.165) is 31.3 Å². The quantitative estimate of drug-likeness (QED) is 0.538. The minimum absolute atomic E-state index is 0.534. The fraction of sp³-hybridized carbons (Fsp3) is 0.850. The molecule has 0 spiro atoms. The van der Waals surface area contributed by atoms with Crippen molar-refractivity contribution < 1.29 is 0 Å². The van der Waals surface area contributed by atoms with E-state index in [2.05, 4.69) is 44.1 Å². The number of nitrogens with one attached hydrogen (secondary N) is 2. The lowest BCUT2D eigenvalue weighted by Crippen LogP contribution is -2.50. The second-order valence-corrected chi connectivity index (χ2v) is 7.91. The number of likely N-dealkylation sites (tertiary alicyclic amines) is 1. The molecular weight excluding hydrogens is 338 g/mol. The first-order chi connectivity index (χ1) is 13.3. The molecule has 7 nitrogen and oxygen atoms in total. The topological polar surface area (TPSA) is 70.4 Å². The normalized spacial score (nSPS) is 20.3. The molecule has 1 saturated carbocycles. The van der Waals surface area contributed by atoms with Crippen LogP contribution in [0.2, 0.25) is 0 Å². The Bertz CT molecular complexity index is 569. The van der Waals surface area contributed by atoms with E-state index in [0.29, 0.717) is 12.1 Å². The molecule has 7 heteroatoms. The van der Waals surface area contributed by atoms with Crippen LogP contribution in [0.1, 0.15) is 64.6 Å². The molecule has 0 unspecified atom stereocenters. The number of aryl methyl sites for hydroxylation is 1. The molecule has 0 radical (unpaired) electrons. The van der Waals surface area contributed by atoms with Gasteiger partial charge in [-0.15, -0.1) is 10.2 Å². The van der Waals surface area contributed by atoms with Crippen molar-refractivity contribution in [2.75, 3.05) is 26.2 Å². The lowest BCUT2D eigenvalue weighted by Gasteiger charge is -2.33. The van der Waals surface area contributed by atoms with E-state index in [9.17, 15) is 0 Å². The standard InChI is InChI=1S/C20H37N7/c1-3-12-26-13-9-18(10-14-26)24-20(23-17-7-5-6-8-17)21-11-15-27-16-22-25-19(27)4-2/h16-18H,3-15H2,1-2H3,(H2,21,23,24). The fourth-order valence-electron chi connectivity index (χ4n) is 4.22. The molecule has 152 valence electrons. The molecule has 0 amide bonds. The van der Waals surface area contributed by atoms with Crippen LogP contribution < -0.4 is 10.6 Å². The molecule has 2 heterocycles. The average molecular weight is 376 g/mol. The summed E-state index contributed by atoms with van der Waals surface area (Å²) in [5, 5.41) is 15.6. The Morgan fingerprint density at radius 2 is 1.78 bits per heavy atom. The van der Waals surface area contributed by atoms with Crippen molar-refractivity contribution in [2.45, 2.75) is 83.8 Å². The van der Waals surface area contributed by atoms with Crippen molar-refractivity contribution >= 4 is 5.96 Å². The molecule has 1 aromatic rings. The maximum atomic E-state index is 4.89. The maximum Gasteiger partial charge on any atom is 0.191 e. The van der Waals surface area contributed by atoms with Gasteiger partial charge in [-0.3, -0.25) is 4.99 Å². The number of nitrogens with zero attached hydrogens (tertiary/aromatic N) is 5. The average Bonchev–Trinajstić information content (AvgIpc) is 3.35. The largest absolute Gasteiger partial charge is 0.354 e. The zero-order chi connectivity index (χ0) is 18.9. The molecule has 2 N–H and O–H groups in total. The summed E-state index contributed by atoms with van der Waals surface area (Å²) in [6.07, 6.45) is 11.6. The number of piperidine rings is 1. The predicted molar refractivity (Wildman–Crippen MR) is 110 cm³/mol. The zero-order valence-corrected chi connectivity index (χ0v) is 17.2. The van der Waals surface area contributed by atoms with Crippen molar-refractivity contribution in [3.8, 4) is 0 Å². The first-order valence-electron chi connectivity index (χ1n) is 10.9. The molecule has 1 aromatic heterocycles. The third kappa shape index (κ3) is 6.19. The van der Waals surface area contributed by atoms with E-state index >= 15 is 0 Å². The van der Waals surface area contributed by atoms with Crippen molar-refractivity contribution in [3.05, 3.63) is 12.2 Å². The number of aliphatic imine (C=N–C) groups is 1. The van der Waals surface area contributed by atoms with Gasteiger partial charge >= 0.3 is 0 Å². The second-order valence-electron chi connectivity index (χ2n) is 7.91. The molecule has 0 aromatic carbocycles. The first kappa shape index (κ1) is 20.1. The molecule has 0 atom stereocenters. The summed E-state index contributed by atoms with van der Waals surface area (Å²) in [7, 11) is 0. The van der Waals surface area contributed by atoms with Gasteiger partial charge in [-0.1, -0.05) is 26.7 Å². The van der Waals surface area contributed by atoms with E-state index in [1.807, 2.05) is 6.33 Å². The van der Waals surface area contributed by atoms with E-state index < -0.39 is 0 Å². The van der Waals surface area contributed by atoms with Crippen molar-refractivity contribution in [3.63, 3.8) is 0 Å². The van der Waals surface area contributed by atoms with Gasteiger partial charge in [0.15, 0.2) is 5.96 Å². The van der Waals surface area contributed by atoms with Crippen LogP contribution in [-0.4, -0.2) is 63.9 Å². The number of aromatic nitrogens is 3. The highest BCUT2D eigenvalue weighted by Gasteiger charge is 2.21. The minimum atomic E-state index is 0.534. The van der Waals surface area contributed by atoms with Gasteiger partial charge in [0.2, 0.25) is 0 Å². The highest BCUT2D eigenvalue weighted by Crippen LogP contribution is 2.18. The Kier molecular flexibility index (Phi) is 7.93. The van der Waals surface area contributed by atoms with Gasteiger partial charge in [-0.2, -0.15) is 0 Å². The highest BCUT2D eigenvalue weighted by molar-refractivity contribution is 5.80. The van der Waals surface area contributed by atoms with Crippen LogP contribution in [-0.2, 0) is 13.0 Å². The fourth-order valence-corrected chi connectivity index (χ4v) is 4.22. The summed E-state index contributed by atoms with van der Waals surface area (Å²) in [5.74, 6) is 2.04. The Morgan fingerprint density at radius 3 is 2.44 bits per heavy atom. The maximum absolute atomic E-state index is 4.89. The molecule has 1 aliphatic carbocycles. The molecular formula is C20H37N7. The van der Waals surface area contributed by atoms with E-state index in [1.165, 1.54) is 64.6 Å². The van der Waals surface area contributed by atoms with Gasteiger partial charge in [0.1, 0.15) is 12.2 Å². The lowest BCUT2D eigenvalue weighted by molar-refractivity contribution is 0.206. The number of hydrogen-bond acceptors (Lipinski definition) is 4. The van der Waals surface area contributed by atoms with Crippen molar-refractivity contribution in [1.82, 2.24) is 30.3 Å². The molecule has 2 aliphatic rings. The molecule has 1 aliphatic heterocycles. The lowest BCUT2D eigenvalue weighted by atomic mass is 10.1. The van der Waals surface area contributed by atoms with Gasteiger partial charge < -0.3 is 20.1 Å². The first-order valence-corrected chi connectivity index (χ1v) is 10.9. The smallest absolute Gasteiger partial charge is 0.191 e. The molecule has 2 fully saturated rings. The third-order valence-electron chi connectivity index (χ3n) is 5.79. The summed E-state index contributed by atoms with van der Waals surface area (Å²) >= 11 is 0. The summed E-state index contributed by atoms with van der Waals surface area (Å²) < 4.78 is 2.11. The monoisotopic (exact) mass is 375 g/mol. The summed E-state index contributed by atoms with van der Waals surface area (Å²) in [6, 6.07) is 1.12. The summed E-state index contributed by atoms with van der Waals surface area (Å²) in [6.45, 7) is 9.59. The molecule has 27 heavy (non-hydrogen) atoms. The van der Waals surface area contributed by atoms with Crippen LogP contribution in [0.3, 0.4) is 0 Å². The number of guanidine groups is 1. The van der Waals surface area contributed by atoms with Crippen LogP contribution in [0.15, 0.2) is 11.3 Å². The van der Waals surface area contributed by atoms with E-state index in [1.54, 1.807) is 0 Å². The molecule has 3 rings (SSSR count). The van der Waals surface area contributed by atoms with Crippen LogP contribution in [0.25, 0.3) is 0 Å². The minimum Gasteiger partial charge on any atom is -0.354 e. The number of rotatable bonds is 8. The summed E-state index contributed by atoms with van der Waals surface area (Å²) in [4.78, 5) is 7.47. The molecule has 0 bridgehead atoms. The van der Waals surface area contributed by atoms with Crippen molar-refractivity contribution in [2.24, 2.45) is 4.99 Å². The Labute approximate surface area is 164 Å². The Hall–Kier alpha value is -1.63. The van der Waals surface area contributed by atoms with Crippen LogP contribution in [0.5, 0.6) is 0 Å². The number of hydrogen-bond donors (Lipinski definition) is 2. The Balaban J connectivity index is 1.53. The molecule has 1 saturated heterocycles. The van der Waals surface area contributed by atoms with Gasteiger partial charge in [0.25, 0.3) is 0 Å². The highest BCUT2D eigenvalue weighted by atomic mass is 15.3. The SMILES string of the molecule is CCCN1CCC(NC(=NCCn2cnnc2CC)NC2CCCC2)CC1. The van der Waals surface area contributed by atoms with Crippen molar-refractivity contribution in [1.29, 1.82) is 0 Å². The van der Waals surface area contributed by atoms with Crippen LogP contribution in [0.4, 0.5) is 0 Å². The van der Waals surface area contributed by atoms with Gasteiger partial charge in [0, 0.05) is 38.1 Å². The summed E-state index contributed by atoms with van der Waals surface area (Å²) in [5.41, 5.74) is 0.